The minimum absolute atomic E-state index is 0.00900. The van der Waals surface area contributed by atoms with Crippen LogP contribution in [0.3, 0.4) is 0 Å². The van der Waals surface area contributed by atoms with Crippen molar-refractivity contribution in [2.45, 2.75) is 6.42 Å². The van der Waals surface area contributed by atoms with Gasteiger partial charge in [0.2, 0.25) is 0 Å². The predicted octanol–water partition coefficient (Wildman–Crippen LogP) is 1.55. The van der Waals surface area contributed by atoms with E-state index in [0.717, 1.165) is 17.0 Å². The standard InChI is InChI=1S/C14H15F2NO4/c1-20-6-2-7-21-8-5-17-12-10(16)4-3-9(15)11(12)13(18)14(17)19/h3-4H,2,5-8H2,1H3. The molecular formula is C14H15F2NO4. The smallest absolute Gasteiger partial charge is 0.299 e. The van der Waals surface area contributed by atoms with Crippen LogP contribution in [0.2, 0.25) is 0 Å². The first-order valence-corrected chi connectivity index (χ1v) is 6.48. The second-order valence-electron chi connectivity index (χ2n) is 4.50. The fourth-order valence-electron chi connectivity index (χ4n) is 2.13. The number of amides is 1. The third kappa shape index (κ3) is 3.08. The minimum atomic E-state index is -1.03. The number of benzene rings is 1. The zero-order valence-corrected chi connectivity index (χ0v) is 11.5. The summed E-state index contributed by atoms with van der Waals surface area (Å²) < 4.78 is 37.5. The molecule has 0 N–H and O–H groups in total. The first-order chi connectivity index (χ1) is 10.1. The lowest BCUT2D eigenvalue weighted by atomic mass is 10.1. The molecule has 0 unspecified atom stereocenters. The molecule has 0 aliphatic carbocycles. The number of nitrogens with zero attached hydrogens (tertiary/aromatic N) is 1. The Morgan fingerprint density at radius 2 is 1.81 bits per heavy atom. The van der Waals surface area contributed by atoms with Crippen LogP contribution >= 0.6 is 0 Å². The first-order valence-electron chi connectivity index (χ1n) is 6.48. The van der Waals surface area contributed by atoms with Crippen LogP contribution in [0.15, 0.2) is 12.1 Å². The van der Waals surface area contributed by atoms with E-state index in [1.54, 1.807) is 7.11 Å². The molecule has 0 fully saturated rings. The molecule has 1 aromatic rings. The molecule has 1 aromatic carbocycles. The fraction of sp³-hybridized carbons (Fsp3) is 0.429. The molecule has 1 aliphatic heterocycles. The van der Waals surface area contributed by atoms with Gasteiger partial charge in [0.1, 0.15) is 11.6 Å². The minimum Gasteiger partial charge on any atom is -0.385 e. The van der Waals surface area contributed by atoms with Crippen molar-refractivity contribution < 1.29 is 27.8 Å². The van der Waals surface area contributed by atoms with E-state index in [1.165, 1.54) is 0 Å². The highest BCUT2D eigenvalue weighted by atomic mass is 19.1. The molecule has 2 rings (SSSR count). The average molecular weight is 299 g/mol. The zero-order chi connectivity index (χ0) is 15.4. The van der Waals surface area contributed by atoms with Gasteiger partial charge in [-0.1, -0.05) is 0 Å². The van der Waals surface area contributed by atoms with Gasteiger partial charge in [-0.25, -0.2) is 8.78 Å². The van der Waals surface area contributed by atoms with Gasteiger partial charge in [-0.2, -0.15) is 0 Å². The highest BCUT2D eigenvalue weighted by molar-refractivity contribution is 6.52. The van der Waals surface area contributed by atoms with Crippen molar-refractivity contribution in [3.63, 3.8) is 0 Å². The van der Waals surface area contributed by atoms with Gasteiger partial charge in [-0.3, -0.25) is 14.5 Å². The number of rotatable bonds is 7. The predicted molar refractivity (Wildman–Crippen MR) is 70.4 cm³/mol. The lowest BCUT2D eigenvalue weighted by Crippen LogP contribution is -2.33. The highest BCUT2D eigenvalue weighted by Gasteiger charge is 2.40. The summed E-state index contributed by atoms with van der Waals surface area (Å²) in [5.74, 6) is -3.66. The molecule has 0 spiro atoms. The normalized spacial score (nSPS) is 14.0. The molecule has 0 radical (unpaired) electrons. The van der Waals surface area contributed by atoms with Crippen LogP contribution in [0, 0.1) is 11.6 Å². The third-order valence-corrected chi connectivity index (χ3v) is 3.11. The SMILES string of the molecule is COCCCOCCN1C(=O)C(=O)c2c(F)ccc(F)c21. The van der Waals surface area contributed by atoms with Crippen LogP contribution in [0.5, 0.6) is 0 Å². The molecule has 0 aromatic heterocycles. The van der Waals surface area contributed by atoms with E-state index in [4.69, 9.17) is 9.47 Å². The lowest BCUT2D eigenvalue weighted by molar-refractivity contribution is -0.114. The maximum Gasteiger partial charge on any atom is 0.299 e. The van der Waals surface area contributed by atoms with Crippen LogP contribution in [0.4, 0.5) is 14.5 Å². The Morgan fingerprint density at radius 3 is 2.52 bits per heavy atom. The van der Waals surface area contributed by atoms with Crippen molar-refractivity contribution in [2.75, 3.05) is 38.4 Å². The molecule has 1 amide bonds. The summed E-state index contributed by atoms with van der Waals surface area (Å²) in [6.45, 7) is 1.08. The highest BCUT2D eigenvalue weighted by Crippen LogP contribution is 2.33. The van der Waals surface area contributed by atoms with Crippen LogP contribution in [-0.4, -0.2) is 45.2 Å². The molecule has 0 atom stereocenters. The van der Waals surface area contributed by atoms with Crippen molar-refractivity contribution in [1.29, 1.82) is 0 Å². The Labute approximate surface area is 120 Å². The van der Waals surface area contributed by atoms with E-state index in [9.17, 15) is 18.4 Å². The van der Waals surface area contributed by atoms with E-state index in [1.807, 2.05) is 0 Å². The number of hydrogen-bond acceptors (Lipinski definition) is 4. The van der Waals surface area contributed by atoms with E-state index >= 15 is 0 Å². The van der Waals surface area contributed by atoms with E-state index in [-0.39, 0.29) is 18.8 Å². The monoisotopic (exact) mass is 299 g/mol. The van der Waals surface area contributed by atoms with Gasteiger partial charge in [0.05, 0.1) is 17.9 Å². The number of anilines is 1. The third-order valence-electron chi connectivity index (χ3n) is 3.11. The number of Topliss-reactive ketones (excluding diaryl/α,β-unsaturated/α-hetero) is 1. The van der Waals surface area contributed by atoms with Gasteiger partial charge >= 0.3 is 0 Å². The molecule has 0 saturated heterocycles. The van der Waals surface area contributed by atoms with E-state index in [2.05, 4.69) is 0 Å². The molecular weight excluding hydrogens is 284 g/mol. The van der Waals surface area contributed by atoms with E-state index < -0.39 is 28.9 Å². The first kappa shape index (κ1) is 15.5. The van der Waals surface area contributed by atoms with Crippen molar-refractivity contribution in [3.05, 3.63) is 29.3 Å². The number of halogens is 2. The summed E-state index contributed by atoms with van der Waals surface area (Å²) >= 11 is 0. The summed E-state index contributed by atoms with van der Waals surface area (Å²) in [4.78, 5) is 24.4. The maximum atomic E-state index is 13.8. The molecule has 0 saturated carbocycles. The second-order valence-corrected chi connectivity index (χ2v) is 4.50. The van der Waals surface area contributed by atoms with Crippen LogP contribution in [0.25, 0.3) is 0 Å². The Bertz CT molecular complexity index is 562. The van der Waals surface area contributed by atoms with Crippen LogP contribution in [-0.2, 0) is 14.3 Å². The number of ketones is 1. The van der Waals surface area contributed by atoms with Crippen LogP contribution in [0.1, 0.15) is 16.8 Å². The molecule has 0 bridgehead atoms. The molecule has 114 valence electrons. The summed E-state index contributed by atoms with van der Waals surface area (Å²) in [6, 6.07) is 1.73. The second kappa shape index (κ2) is 6.73. The number of fused-ring (bicyclic) bond motifs is 1. The Hall–Kier alpha value is -1.86. The number of hydrogen-bond donors (Lipinski definition) is 0. The van der Waals surface area contributed by atoms with Gasteiger partial charge < -0.3 is 9.47 Å². The molecule has 1 heterocycles. The van der Waals surface area contributed by atoms with Crippen molar-refractivity contribution in [1.82, 2.24) is 0 Å². The summed E-state index contributed by atoms with van der Waals surface area (Å²) in [7, 11) is 1.57. The number of carbonyl (C=O) groups excluding carboxylic acids is 2. The fourth-order valence-corrected chi connectivity index (χ4v) is 2.13. The van der Waals surface area contributed by atoms with Gasteiger partial charge in [-0.15, -0.1) is 0 Å². The summed E-state index contributed by atoms with van der Waals surface area (Å²) in [6.07, 6.45) is 0.683. The number of methoxy groups -OCH3 is 1. The summed E-state index contributed by atoms with van der Waals surface area (Å²) in [5, 5.41) is 0. The van der Waals surface area contributed by atoms with Gasteiger partial charge in [0, 0.05) is 26.9 Å². The zero-order valence-electron chi connectivity index (χ0n) is 11.5. The number of ether oxygens (including phenoxy) is 2. The topological polar surface area (TPSA) is 55.8 Å². The molecule has 21 heavy (non-hydrogen) atoms. The Morgan fingerprint density at radius 1 is 1.10 bits per heavy atom. The number of carbonyl (C=O) groups is 2. The quantitative estimate of drug-likeness (QED) is 0.566. The average Bonchev–Trinajstić information content (AvgIpc) is 2.72. The Balaban J connectivity index is 2.04. The van der Waals surface area contributed by atoms with Gasteiger partial charge in [0.25, 0.3) is 11.7 Å². The Kier molecular flexibility index (Phi) is 4.98. The maximum absolute atomic E-state index is 13.8. The molecule has 5 nitrogen and oxygen atoms in total. The lowest BCUT2D eigenvalue weighted by Gasteiger charge is -2.17. The summed E-state index contributed by atoms with van der Waals surface area (Å²) in [5.41, 5.74) is -0.801. The van der Waals surface area contributed by atoms with Crippen molar-refractivity contribution >= 4 is 17.4 Å². The van der Waals surface area contributed by atoms with Crippen LogP contribution < -0.4 is 4.90 Å². The van der Waals surface area contributed by atoms with Gasteiger partial charge in [0.15, 0.2) is 0 Å². The molecule has 1 aliphatic rings. The van der Waals surface area contributed by atoms with Crippen molar-refractivity contribution in [3.8, 4) is 0 Å². The van der Waals surface area contributed by atoms with Crippen molar-refractivity contribution in [2.24, 2.45) is 0 Å². The largest absolute Gasteiger partial charge is 0.385 e. The van der Waals surface area contributed by atoms with Gasteiger partial charge in [-0.05, 0) is 18.6 Å². The molecule has 7 heteroatoms. The van der Waals surface area contributed by atoms with E-state index in [0.29, 0.717) is 19.6 Å².